The summed E-state index contributed by atoms with van der Waals surface area (Å²) in [6, 6.07) is 16.8. The summed E-state index contributed by atoms with van der Waals surface area (Å²) < 4.78 is 11.0. The fourth-order valence-corrected chi connectivity index (χ4v) is 3.82. The number of aromatic nitrogens is 2. The van der Waals surface area contributed by atoms with Crippen LogP contribution < -0.4 is 14.8 Å². The number of carboxylic acid groups (broad SMARTS) is 1. The van der Waals surface area contributed by atoms with E-state index in [1.165, 1.54) is 23.5 Å². The van der Waals surface area contributed by atoms with Gasteiger partial charge < -0.3 is 14.6 Å². The maximum atomic E-state index is 12.5. The number of ether oxygens (including phenoxy) is 2. The topological polar surface area (TPSA) is 111 Å². The summed E-state index contributed by atoms with van der Waals surface area (Å²) in [5.41, 5.74) is 1.95. The van der Waals surface area contributed by atoms with Crippen molar-refractivity contribution in [2.75, 3.05) is 12.4 Å². The van der Waals surface area contributed by atoms with Gasteiger partial charge in [0, 0.05) is 23.5 Å². The molecule has 0 aliphatic rings. The summed E-state index contributed by atoms with van der Waals surface area (Å²) in [4.78, 5) is 33.2. The summed E-state index contributed by atoms with van der Waals surface area (Å²) in [5.74, 6) is -0.309. The van der Waals surface area contributed by atoms with Crippen molar-refractivity contribution in [2.45, 2.75) is 6.61 Å². The van der Waals surface area contributed by atoms with E-state index in [0.717, 1.165) is 0 Å². The van der Waals surface area contributed by atoms with E-state index in [-0.39, 0.29) is 18.1 Å². The first-order valence-electron chi connectivity index (χ1n) is 9.85. The number of anilines is 1. The summed E-state index contributed by atoms with van der Waals surface area (Å²) in [5, 5.41) is 12.5. The standard InChI is InChI=1S/C24H19N3O5S/c1-31-18-8-5-15(6-9-18)22(28)27-24-26-13-21(33-24)19-10-7-16(23(29)30)12-20(19)32-14-17-4-2-3-11-25-17/h2-13H,14H2,1H3,(H,29,30)(H,26,27,28). The van der Waals surface area contributed by atoms with Crippen molar-refractivity contribution in [3.05, 3.63) is 89.9 Å². The number of carbonyl (C=O) groups is 2. The van der Waals surface area contributed by atoms with Gasteiger partial charge in [-0.3, -0.25) is 15.1 Å². The lowest BCUT2D eigenvalue weighted by Gasteiger charge is -2.11. The van der Waals surface area contributed by atoms with E-state index in [1.54, 1.807) is 55.9 Å². The number of nitrogens with one attached hydrogen (secondary N) is 1. The van der Waals surface area contributed by atoms with Crippen molar-refractivity contribution in [2.24, 2.45) is 0 Å². The molecule has 2 N–H and O–H groups in total. The molecule has 0 spiro atoms. The first-order valence-corrected chi connectivity index (χ1v) is 10.7. The number of methoxy groups -OCH3 is 1. The van der Waals surface area contributed by atoms with Crippen LogP contribution in [0.2, 0.25) is 0 Å². The normalized spacial score (nSPS) is 10.5. The molecule has 2 heterocycles. The molecule has 2 aromatic carbocycles. The molecule has 33 heavy (non-hydrogen) atoms. The number of carbonyl (C=O) groups excluding carboxylic acids is 1. The molecule has 8 nitrogen and oxygen atoms in total. The minimum absolute atomic E-state index is 0.104. The van der Waals surface area contributed by atoms with Crippen molar-refractivity contribution < 1.29 is 24.2 Å². The molecule has 9 heteroatoms. The predicted octanol–water partition coefficient (Wildman–Crippen LogP) is 4.74. The van der Waals surface area contributed by atoms with Crippen LogP contribution in [-0.2, 0) is 6.61 Å². The van der Waals surface area contributed by atoms with Crippen molar-refractivity contribution in [3.63, 3.8) is 0 Å². The second-order valence-electron chi connectivity index (χ2n) is 6.84. The van der Waals surface area contributed by atoms with Gasteiger partial charge in [-0.2, -0.15) is 0 Å². The average Bonchev–Trinajstić information content (AvgIpc) is 3.31. The molecule has 4 aromatic rings. The Morgan fingerprint density at radius 1 is 1.03 bits per heavy atom. The third kappa shape index (κ3) is 5.34. The van der Waals surface area contributed by atoms with E-state index in [2.05, 4.69) is 15.3 Å². The van der Waals surface area contributed by atoms with Crippen molar-refractivity contribution in [3.8, 4) is 21.9 Å². The molecule has 2 aromatic heterocycles. The molecule has 0 unspecified atom stereocenters. The van der Waals surface area contributed by atoms with E-state index in [0.29, 0.717) is 38.3 Å². The van der Waals surface area contributed by atoms with E-state index in [9.17, 15) is 14.7 Å². The Kier molecular flexibility index (Phi) is 6.61. The van der Waals surface area contributed by atoms with Gasteiger partial charge in [0.1, 0.15) is 18.1 Å². The van der Waals surface area contributed by atoms with Crippen LogP contribution in [0.1, 0.15) is 26.4 Å². The highest BCUT2D eigenvalue weighted by molar-refractivity contribution is 7.19. The molecule has 0 aliphatic heterocycles. The highest BCUT2D eigenvalue weighted by Crippen LogP contribution is 2.36. The Morgan fingerprint density at radius 2 is 1.82 bits per heavy atom. The molecule has 0 saturated heterocycles. The minimum atomic E-state index is -1.05. The number of hydrogen-bond donors (Lipinski definition) is 2. The zero-order valence-corrected chi connectivity index (χ0v) is 18.3. The molecule has 0 bridgehead atoms. The zero-order valence-electron chi connectivity index (χ0n) is 17.5. The molecular formula is C24H19N3O5S. The molecule has 0 saturated carbocycles. The Bertz CT molecular complexity index is 1270. The number of nitrogens with zero attached hydrogens (tertiary/aromatic N) is 2. The molecule has 1 amide bonds. The van der Waals surface area contributed by atoms with Crippen LogP contribution in [-0.4, -0.2) is 34.1 Å². The Labute approximate surface area is 193 Å². The SMILES string of the molecule is COc1ccc(C(=O)Nc2ncc(-c3ccc(C(=O)O)cc3OCc3ccccn3)s2)cc1. The Hall–Kier alpha value is -4.24. The average molecular weight is 461 g/mol. The predicted molar refractivity (Wildman–Crippen MR) is 124 cm³/mol. The van der Waals surface area contributed by atoms with E-state index < -0.39 is 5.97 Å². The van der Waals surface area contributed by atoms with Gasteiger partial charge in [-0.1, -0.05) is 17.4 Å². The summed E-state index contributed by atoms with van der Waals surface area (Å²) in [6.07, 6.45) is 3.27. The van der Waals surface area contributed by atoms with E-state index >= 15 is 0 Å². The maximum Gasteiger partial charge on any atom is 0.335 e. The molecule has 0 atom stereocenters. The van der Waals surface area contributed by atoms with Crippen LogP contribution in [0.4, 0.5) is 5.13 Å². The first kappa shape index (κ1) is 22.0. The number of aromatic carboxylic acids is 1. The molecule has 0 aliphatic carbocycles. The highest BCUT2D eigenvalue weighted by Gasteiger charge is 2.16. The highest BCUT2D eigenvalue weighted by atomic mass is 32.1. The van der Waals surface area contributed by atoms with Crippen molar-refractivity contribution >= 4 is 28.3 Å². The second-order valence-corrected chi connectivity index (χ2v) is 7.87. The molecule has 166 valence electrons. The van der Waals surface area contributed by atoms with Crippen LogP contribution in [0.3, 0.4) is 0 Å². The van der Waals surface area contributed by atoms with Crippen LogP contribution in [0.15, 0.2) is 73.1 Å². The third-order valence-electron chi connectivity index (χ3n) is 4.67. The second kappa shape index (κ2) is 9.92. The van der Waals surface area contributed by atoms with Gasteiger partial charge >= 0.3 is 5.97 Å². The largest absolute Gasteiger partial charge is 0.497 e. The van der Waals surface area contributed by atoms with Crippen molar-refractivity contribution in [1.29, 1.82) is 0 Å². The lowest BCUT2D eigenvalue weighted by Crippen LogP contribution is -2.11. The zero-order chi connectivity index (χ0) is 23.2. The van der Waals surface area contributed by atoms with E-state index in [1.807, 2.05) is 12.1 Å². The summed E-state index contributed by atoms with van der Waals surface area (Å²) >= 11 is 1.26. The number of hydrogen-bond acceptors (Lipinski definition) is 7. The number of carboxylic acids is 1. The first-order chi connectivity index (χ1) is 16.0. The number of amides is 1. The van der Waals surface area contributed by atoms with Gasteiger partial charge in [0.15, 0.2) is 5.13 Å². The number of benzene rings is 2. The van der Waals surface area contributed by atoms with Crippen LogP contribution in [0, 0.1) is 0 Å². The minimum Gasteiger partial charge on any atom is -0.497 e. The van der Waals surface area contributed by atoms with Gasteiger partial charge in [0.2, 0.25) is 0 Å². The fourth-order valence-electron chi connectivity index (χ4n) is 2.98. The summed E-state index contributed by atoms with van der Waals surface area (Å²) in [6.45, 7) is 0.177. The monoisotopic (exact) mass is 461 g/mol. The Balaban J connectivity index is 1.55. The fraction of sp³-hybridized carbons (Fsp3) is 0.0833. The molecular weight excluding hydrogens is 442 g/mol. The maximum absolute atomic E-state index is 12.5. The van der Waals surface area contributed by atoms with Gasteiger partial charge in [-0.05, 0) is 54.6 Å². The smallest absolute Gasteiger partial charge is 0.335 e. The van der Waals surface area contributed by atoms with Crippen LogP contribution in [0.5, 0.6) is 11.5 Å². The van der Waals surface area contributed by atoms with Gasteiger partial charge in [0.25, 0.3) is 5.91 Å². The summed E-state index contributed by atoms with van der Waals surface area (Å²) in [7, 11) is 1.56. The Morgan fingerprint density at radius 3 is 2.52 bits per heavy atom. The molecule has 0 radical (unpaired) electrons. The lowest BCUT2D eigenvalue weighted by atomic mass is 10.1. The quantitative estimate of drug-likeness (QED) is 0.390. The molecule has 0 fully saturated rings. The van der Waals surface area contributed by atoms with Crippen LogP contribution in [0.25, 0.3) is 10.4 Å². The van der Waals surface area contributed by atoms with Gasteiger partial charge in [-0.15, -0.1) is 0 Å². The number of pyridine rings is 1. The number of thiazole rings is 1. The lowest BCUT2D eigenvalue weighted by molar-refractivity contribution is 0.0696. The van der Waals surface area contributed by atoms with Gasteiger partial charge in [-0.25, -0.2) is 9.78 Å². The third-order valence-corrected chi connectivity index (χ3v) is 5.62. The van der Waals surface area contributed by atoms with Crippen molar-refractivity contribution in [1.82, 2.24) is 9.97 Å². The molecule has 4 rings (SSSR count). The van der Waals surface area contributed by atoms with E-state index in [4.69, 9.17) is 9.47 Å². The number of rotatable bonds is 8. The van der Waals surface area contributed by atoms with Gasteiger partial charge in [0.05, 0.1) is 23.2 Å². The van der Waals surface area contributed by atoms with Crippen LogP contribution >= 0.6 is 11.3 Å².